The average molecular weight is 379 g/mol. The zero-order chi connectivity index (χ0) is 19.1. The number of benzene rings is 2. The highest BCUT2D eigenvalue weighted by Crippen LogP contribution is 2.34. The van der Waals surface area contributed by atoms with Crippen LogP contribution in [0.2, 0.25) is 0 Å². The third-order valence-electron chi connectivity index (χ3n) is 4.04. The minimum Gasteiger partial charge on any atom is -0.340 e. The molecule has 0 fully saturated rings. The van der Waals surface area contributed by atoms with E-state index in [2.05, 4.69) is 0 Å². The summed E-state index contributed by atoms with van der Waals surface area (Å²) < 4.78 is 32.5. The first kappa shape index (κ1) is 17.8. The van der Waals surface area contributed by atoms with Gasteiger partial charge in [-0.2, -0.15) is 8.42 Å². The van der Waals surface area contributed by atoms with Gasteiger partial charge in [-0.15, -0.1) is 0 Å². The van der Waals surface area contributed by atoms with Crippen molar-refractivity contribution in [1.29, 1.82) is 0 Å². The van der Waals surface area contributed by atoms with E-state index in [-0.39, 0.29) is 24.3 Å². The minimum atomic E-state index is -4.11. The van der Waals surface area contributed by atoms with Gasteiger partial charge in [0.25, 0.3) is 21.5 Å². The topological polar surface area (TPSA) is 146 Å². The summed E-state index contributed by atoms with van der Waals surface area (Å²) in [4.78, 5) is 21.0. The maximum Gasteiger partial charge on any atom is 0.270 e. The standard InChI is InChI=1S/C15H13N3O7S/c19-17(20)10-2-4-14-12(8-10)13-9-11(18(21)22)3-5-15(13)16(14)6-1-7-26(23,24)25/h2-5,8-9H,1,6-7H2,(H,23,24,25). The third kappa shape index (κ3) is 3.34. The molecular formula is C15H13N3O7S. The van der Waals surface area contributed by atoms with Crippen LogP contribution in [0, 0.1) is 20.2 Å². The van der Waals surface area contributed by atoms with Crippen LogP contribution in [-0.2, 0) is 16.7 Å². The first-order valence-corrected chi connectivity index (χ1v) is 9.08. The summed E-state index contributed by atoms with van der Waals surface area (Å²) in [5.74, 6) is -0.436. The molecular weight excluding hydrogens is 366 g/mol. The lowest BCUT2D eigenvalue weighted by atomic mass is 10.1. The van der Waals surface area contributed by atoms with Crippen LogP contribution in [0.3, 0.4) is 0 Å². The highest BCUT2D eigenvalue weighted by atomic mass is 32.2. The normalized spacial score (nSPS) is 11.9. The van der Waals surface area contributed by atoms with Crippen molar-refractivity contribution in [2.75, 3.05) is 5.75 Å². The highest BCUT2D eigenvalue weighted by molar-refractivity contribution is 7.85. The fraction of sp³-hybridized carbons (Fsp3) is 0.200. The molecule has 0 saturated heterocycles. The quantitative estimate of drug-likeness (QED) is 0.393. The van der Waals surface area contributed by atoms with Crippen LogP contribution in [0.15, 0.2) is 36.4 Å². The Bertz CT molecular complexity index is 1080. The molecule has 3 aromatic rings. The van der Waals surface area contributed by atoms with Crippen LogP contribution in [0.5, 0.6) is 0 Å². The summed E-state index contributed by atoms with van der Waals surface area (Å²) in [7, 11) is -4.11. The summed E-state index contributed by atoms with van der Waals surface area (Å²) in [6, 6.07) is 8.34. The Morgan fingerprint density at radius 3 is 1.77 bits per heavy atom. The molecule has 0 unspecified atom stereocenters. The van der Waals surface area contributed by atoms with Gasteiger partial charge in [-0.05, 0) is 18.6 Å². The first-order chi connectivity index (χ1) is 12.2. The monoisotopic (exact) mass is 379 g/mol. The van der Waals surface area contributed by atoms with Crippen LogP contribution in [0.1, 0.15) is 6.42 Å². The number of hydrogen-bond acceptors (Lipinski definition) is 6. The van der Waals surface area contributed by atoms with Crippen molar-refractivity contribution in [3.63, 3.8) is 0 Å². The molecule has 26 heavy (non-hydrogen) atoms. The number of aryl methyl sites for hydroxylation is 1. The maximum absolute atomic E-state index is 11.0. The van der Waals surface area contributed by atoms with Gasteiger partial charge in [0.15, 0.2) is 0 Å². The number of nitrogens with zero attached hydrogens (tertiary/aromatic N) is 3. The second-order valence-electron chi connectivity index (χ2n) is 5.71. The summed E-state index contributed by atoms with van der Waals surface area (Å²) >= 11 is 0. The van der Waals surface area contributed by atoms with E-state index in [1.165, 1.54) is 36.4 Å². The number of rotatable bonds is 6. The molecule has 1 heterocycles. The zero-order valence-electron chi connectivity index (χ0n) is 13.2. The Labute approximate surface area is 146 Å². The predicted molar refractivity (Wildman–Crippen MR) is 93.8 cm³/mol. The Morgan fingerprint density at radius 1 is 0.923 bits per heavy atom. The van der Waals surface area contributed by atoms with E-state index in [0.29, 0.717) is 21.8 Å². The summed E-state index contributed by atoms with van der Waals surface area (Å²) in [6.45, 7) is 0.218. The SMILES string of the molecule is O=[N+]([O-])c1ccc2c(c1)c1cc([N+](=O)[O-])ccc1n2CCCS(=O)(=O)O. The number of aromatic nitrogens is 1. The lowest BCUT2D eigenvalue weighted by Crippen LogP contribution is -2.08. The molecule has 0 radical (unpaired) electrons. The number of nitro groups is 2. The molecule has 136 valence electrons. The van der Waals surface area contributed by atoms with Crippen LogP contribution >= 0.6 is 0 Å². The van der Waals surface area contributed by atoms with Crippen molar-refractivity contribution in [3.05, 3.63) is 56.6 Å². The molecule has 11 heteroatoms. The third-order valence-corrected chi connectivity index (χ3v) is 4.84. The molecule has 0 aliphatic rings. The maximum atomic E-state index is 11.0. The zero-order valence-corrected chi connectivity index (χ0v) is 14.0. The molecule has 3 rings (SSSR count). The van der Waals surface area contributed by atoms with Crippen LogP contribution in [-0.4, -0.2) is 33.1 Å². The number of nitro benzene ring substituents is 2. The number of non-ortho nitro benzene ring substituents is 2. The molecule has 0 amide bonds. The van der Waals surface area contributed by atoms with Gasteiger partial charge in [-0.1, -0.05) is 0 Å². The number of hydrogen-bond donors (Lipinski definition) is 1. The molecule has 2 aromatic carbocycles. The molecule has 1 aromatic heterocycles. The largest absolute Gasteiger partial charge is 0.340 e. The van der Waals surface area contributed by atoms with E-state index in [1.54, 1.807) is 4.57 Å². The summed E-state index contributed by atoms with van der Waals surface area (Å²) in [5.41, 5.74) is 0.866. The summed E-state index contributed by atoms with van der Waals surface area (Å²) in [6.07, 6.45) is 0.117. The highest BCUT2D eigenvalue weighted by Gasteiger charge is 2.18. The van der Waals surface area contributed by atoms with Gasteiger partial charge in [-0.3, -0.25) is 24.8 Å². The van der Waals surface area contributed by atoms with E-state index in [1.807, 2.05) is 0 Å². The molecule has 10 nitrogen and oxygen atoms in total. The van der Waals surface area contributed by atoms with Crippen molar-refractivity contribution in [3.8, 4) is 0 Å². The van der Waals surface area contributed by atoms with Crippen molar-refractivity contribution in [2.45, 2.75) is 13.0 Å². The van der Waals surface area contributed by atoms with Crippen molar-refractivity contribution in [1.82, 2.24) is 4.57 Å². The Hall–Kier alpha value is -3.05. The molecule has 0 spiro atoms. The molecule has 0 aliphatic heterocycles. The van der Waals surface area contributed by atoms with Crippen molar-refractivity contribution in [2.24, 2.45) is 0 Å². The predicted octanol–water partition coefficient (Wildman–Crippen LogP) is 2.89. The fourth-order valence-corrected chi connectivity index (χ4v) is 3.45. The fourth-order valence-electron chi connectivity index (χ4n) is 2.95. The Morgan fingerprint density at radius 2 is 1.38 bits per heavy atom. The second kappa shape index (κ2) is 6.35. The average Bonchev–Trinajstić information content (AvgIpc) is 2.86. The van der Waals surface area contributed by atoms with E-state index in [4.69, 9.17) is 4.55 Å². The van der Waals surface area contributed by atoms with Gasteiger partial charge in [0.2, 0.25) is 0 Å². The van der Waals surface area contributed by atoms with Crippen LogP contribution < -0.4 is 0 Å². The molecule has 1 N–H and O–H groups in total. The lowest BCUT2D eigenvalue weighted by molar-refractivity contribution is -0.385. The first-order valence-electron chi connectivity index (χ1n) is 7.47. The molecule has 0 saturated carbocycles. The van der Waals surface area contributed by atoms with Crippen LogP contribution in [0.4, 0.5) is 11.4 Å². The molecule has 0 bridgehead atoms. The second-order valence-corrected chi connectivity index (χ2v) is 7.28. The van der Waals surface area contributed by atoms with Crippen molar-refractivity contribution < 1.29 is 22.8 Å². The Kier molecular flexibility index (Phi) is 4.34. The van der Waals surface area contributed by atoms with E-state index < -0.39 is 25.7 Å². The molecule has 0 atom stereocenters. The smallest absolute Gasteiger partial charge is 0.270 e. The Balaban J connectivity index is 2.21. The van der Waals surface area contributed by atoms with Gasteiger partial charge in [0.05, 0.1) is 15.6 Å². The van der Waals surface area contributed by atoms with E-state index in [9.17, 15) is 28.6 Å². The number of fused-ring (bicyclic) bond motifs is 3. The van der Waals surface area contributed by atoms with E-state index in [0.717, 1.165) is 0 Å². The minimum absolute atomic E-state index is 0.117. The summed E-state index contributed by atoms with van der Waals surface area (Å²) in [5, 5.41) is 23.0. The van der Waals surface area contributed by atoms with Gasteiger partial charge in [-0.25, -0.2) is 0 Å². The van der Waals surface area contributed by atoms with Gasteiger partial charge in [0, 0.05) is 52.6 Å². The van der Waals surface area contributed by atoms with E-state index >= 15 is 0 Å². The van der Waals surface area contributed by atoms with Gasteiger partial charge >= 0.3 is 0 Å². The molecule has 0 aliphatic carbocycles. The van der Waals surface area contributed by atoms with Gasteiger partial charge in [0.1, 0.15) is 0 Å². The van der Waals surface area contributed by atoms with Crippen molar-refractivity contribution >= 4 is 43.3 Å². The van der Waals surface area contributed by atoms with Gasteiger partial charge < -0.3 is 4.57 Å². The lowest BCUT2D eigenvalue weighted by Gasteiger charge is -2.06. The van der Waals surface area contributed by atoms with Crippen LogP contribution in [0.25, 0.3) is 21.8 Å².